The molecule has 0 radical (unpaired) electrons. The van der Waals surface area contributed by atoms with E-state index in [1.54, 1.807) is 0 Å². The van der Waals surface area contributed by atoms with Crippen molar-refractivity contribution in [1.29, 1.82) is 0 Å². The van der Waals surface area contributed by atoms with Crippen molar-refractivity contribution in [3.8, 4) is 12.3 Å². The highest BCUT2D eigenvalue weighted by Crippen LogP contribution is 2.27. The van der Waals surface area contributed by atoms with E-state index < -0.39 is 6.10 Å². The van der Waals surface area contributed by atoms with Crippen LogP contribution in [-0.2, 0) is 16.0 Å². The lowest BCUT2D eigenvalue weighted by molar-refractivity contribution is -0.134. The minimum Gasteiger partial charge on any atom is -0.363 e. The Labute approximate surface area is 114 Å². The summed E-state index contributed by atoms with van der Waals surface area (Å²) in [5, 5.41) is 2.88. The summed E-state index contributed by atoms with van der Waals surface area (Å²) in [6.07, 6.45) is 5.75. The molecule has 0 saturated heterocycles. The Balaban J connectivity index is 2.15. The number of carbonyl (C=O) groups excluding carboxylic acids is 1. The highest BCUT2D eigenvalue weighted by molar-refractivity contribution is 5.83. The van der Waals surface area contributed by atoms with Crippen LogP contribution in [0.5, 0.6) is 0 Å². The first-order chi connectivity index (χ1) is 9.13. The second-order valence-electron chi connectivity index (χ2n) is 5.10. The maximum atomic E-state index is 12.3. The SMILES string of the molecule is C#CC(NC(=O)C1OCCc2ccccc21)C(C)C. The van der Waals surface area contributed by atoms with Crippen LogP contribution in [0.25, 0.3) is 0 Å². The van der Waals surface area contributed by atoms with E-state index in [0.717, 1.165) is 12.0 Å². The number of ether oxygens (including phenoxy) is 1. The summed E-state index contributed by atoms with van der Waals surface area (Å²) >= 11 is 0. The van der Waals surface area contributed by atoms with Crippen LogP contribution in [0, 0.1) is 18.3 Å². The van der Waals surface area contributed by atoms with Crippen LogP contribution in [0.1, 0.15) is 31.1 Å². The molecule has 0 aromatic heterocycles. The van der Waals surface area contributed by atoms with Gasteiger partial charge in [0, 0.05) is 0 Å². The van der Waals surface area contributed by atoms with Crippen molar-refractivity contribution in [3.05, 3.63) is 35.4 Å². The molecule has 0 bridgehead atoms. The van der Waals surface area contributed by atoms with Gasteiger partial charge in [-0.3, -0.25) is 4.79 Å². The highest BCUT2D eigenvalue weighted by Gasteiger charge is 2.28. The molecule has 2 atom stereocenters. The molecule has 1 N–H and O–H groups in total. The normalized spacial score (nSPS) is 19.4. The van der Waals surface area contributed by atoms with Crippen LogP contribution in [0.2, 0.25) is 0 Å². The standard InChI is InChI=1S/C16H19NO2/c1-4-14(11(2)3)17-16(18)15-13-8-6-5-7-12(13)9-10-19-15/h1,5-8,11,14-15H,9-10H2,2-3H3,(H,17,18). The molecule has 2 rings (SSSR count). The first-order valence-corrected chi connectivity index (χ1v) is 6.59. The summed E-state index contributed by atoms with van der Waals surface area (Å²) < 4.78 is 5.61. The van der Waals surface area contributed by atoms with Gasteiger partial charge in [-0.25, -0.2) is 0 Å². The van der Waals surface area contributed by atoms with Gasteiger partial charge in [-0.2, -0.15) is 0 Å². The topological polar surface area (TPSA) is 38.3 Å². The molecule has 1 heterocycles. The third kappa shape index (κ3) is 2.97. The Hall–Kier alpha value is -1.79. The van der Waals surface area contributed by atoms with Crippen molar-refractivity contribution >= 4 is 5.91 Å². The van der Waals surface area contributed by atoms with E-state index in [2.05, 4.69) is 11.2 Å². The maximum absolute atomic E-state index is 12.3. The second-order valence-corrected chi connectivity index (χ2v) is 5.10. The lowest BCUT2D eigenvalue weighted by Gasteiger charge is -2.27. The minimum absolute atomic E-state index is 0.149. The molecule has 3 nitrogen and oxygen atoms in total. The lowest BCUT2D eigenvalue weighted by atomic mass is 9.96. The Morgan fingerprint density at radius 3 is 2.89 bits per heavy atom. The van der Waals surface area contributed by atoms with Gasteiger partial charge in [-0.15, -0.1) is 6.42 Å². The molecule has 0 aliphatic carbocycles. The van der Waals surface area contributed by atoms with Crippen LogP contribution >= 0.6 is 0 Å². The highest BCUT2D eigenvalue weighted by atomic mass is 16.5. The van der Waals surface area contributed by atoms with Gasteiger partial charge in [0.15, 0.2) is 6.10 Å². The third-order valence-electron chi connectivity index (χ3n) is 3.38. The van der Waals surface area contributed by atoms with Crippen LogP contribution in [0.15, 0.2) is 24.3 Å². The number of hydrogen-bond acceptors (Lipinski definition) is 2. The molecule has 2 unspecified atom stereocenters. The van der Waals surface area contributed by atoms with Gasteiger partial charge in [-0.1, -0.05) is 44.0 Å². The smallest absolute Gasteiger partial charge is 0.254 e. The molecular formula is C16H19NO2. The summed E-state index contributed by atoms with van der Waals surface area (Å²) in [5.41, 5.74) is 2.13. The van der Waals surface area contributed by atoms with Crippen molar-refractivity contribution in [2.75, 3.05) is 6.61 Å². The quantitative estimate of drug-likeness (QED) is 0.842. The van der Waals surface area contributed by atoms with E-state index in [0.29, 0.717) is 6.61 Å². The minimum atomic E-state index is -0.542. The summed E-state index contributed by atoms with van der Waals surface area (Å²) in [6, 6.07) is 7.63. The summed E-state index contributed by atoms with van der Waals surface area (Å²) in [7, 11) is 0. The number of carbonyl (C=O) groups is 1. The van der Waals surface area contributed by atoms with Crippen LogP contribution in [0.3, 0.4) is 0 Å². The largest absolute Gasteiger partial charge is 0.363 e. The molecule has 0 saturated carbocycles. The van der Waals surface area contributed by atoms with Gasteiger partial charge >= 0.3 is 0 Å². The summed E-state index contributed by atoms with van der Waals surface area (Å²) in [6.45, 7) is 4.54. The molecule has 3 heteroatoms. The molecule has 1 aliphatic rings. The fourth-order valence-corrected chi connectivity index (χ4v) is 2.24. The molecule has 0 fully saturated rings. The molecule has 1 aromatic carbocycles. The predicted octanol–water partition coefficient (Wildman–Crippen LogP) is 2.07. The van der Waals surface area contributed by atoms with Gasteiger partial charge < -0.3 is 10.1 Å². The van der Waals surface area contributed by atoms with E-state index in [4.69, 9.17) is 11.2 Å². The van der Waals surface area contributed by atoms with Crippen molar-refractivity contribution < 1.29 is 9.53 Å². The van der Waals surface area contributed by atoms with Gasteiger partial charge in [0.1, 0.15) is 0 Å². The first kappa shape index (κ1) is 13.6. The number of benzene rings is 1. The van der Waals surface area contributed by atoms with E-state index in [9.17, 15) is 4.79 Å². The van der Waals surface area contributed by atoms with Gasteiger partial charge in [0.25, 0.3) is 5.91 Å². The van der Waals surface area contributed by atoms with Gasteiger partial charge in [-0.05, 0) is 23.5 Å². The predicted molar refractivity (Wildman–Crippen MR) is 74.4 cm³/mol. The molecular weight excluding hydrogens is 238 g/mol. The van der Waals surface area contributed by atoms with Crippen molar-refractivity contribution in [1.82, 2.24) is 5.32 Å². The third-order valence-corrected chi connectivity index (χ3v) is 3.38. The Morgan fingerprint density at radius 2 is 2.21 bits per heavy atom. The molecule has 1 aromatic rings. The van der Waals surface area contributed by atoms with Gasteiger partial charge in [0.2, 0.25) is 0 Å². The summed E-state index contributed by atoms with van der Waals surface area (Å²) in [5.74, 6) is 2.66. The Morgan fingerprint density at radius 1 is 1.47 bits per heavy atom. The average molecular weight is 257 g/mol. The number of amides is 1. The van der Waals surface area contributed by atoms with Crippen LogP contribution in [0.4, 0.5) is 0 Å². The van der Waals surface area contributed by atoms with E-state index >= 15 is 0 Å². The van der Waals surface area contributed by atoms with Crippen molar-refractivity contribution in [2.24, 2.45) is 5.92 Å². The molecule has 19 heavy (non-hydrogen) atoms. The van der Waals surface area contributed by atoms with Crippen molar-refractivity contribution in [3.63, 3.8) is 0 Å². The Kier molecular flexibility index (Phi) is 4.24. The van der Waals surface area contributed by atoms with Crippen LogP contribution < -0.4 is 5.32 Å². The number of fused-ring (bicyclic) bond motifs is 1. The maximum Gasteiger partial charge on any atom is 0.254 e. The van der Waals surface area contributed by atoms with E-state index in [1.807, 2.05) is 38.1 Å². The molecule has 0 spiro atoms. The zero-order chi connectivity index (χ0) is 13.8. The molecule has 100 valence electrons. The van der Waals surface area contributed by atoms with E-state index in [-0.39, 0.29) is 17.9 Å². The second kappa shape index (κ2) is 5.90. The van der Waals surface area contributed by atoms with Crippen molar-refractivity contribution in [2.45, 2.75) is 32.4 Å². The van der Waals surface area contributed by atoms with E-state index in [1.165, 1.54) is 5.56 Å². The first-order valence-electron chi connectivity index (χ1n) is 6.59. The number of nitrogens with one attached hydrogen (secondary N) is 1. The number of terminal acetylenes is 1. The molecule has 1 aliphatic heterocycles. The lowest BCUT2D eigenvalue weighted by Crippen LogP contribution is -2.42. The zero-order valence-electron chi connectivity index (χ0n) is 11.3. The average Bonchev–Trinajstić information content (AvgIpc) is 2.43. The molecule has 1 amide bonds. The summed E-state index contributed by atoms with van der Waals surface area (Å²) in [4.78, 5) is 12.3. The fraction of sp³-hybridized carbons (Fsp3) is 0.438. The number of rotatable bonds is 3. The number of hydrogen-bond donors (Lipinski definition) is 1. The monoisotopic (exact) mass is 257 g/mol. The Bertz CT molecular complexity index is 502. The fourth-order valence-electron chi connectivity index (χ4n) is 2.24. The van der Waals surface area contributed by atoms with Gasteiger partial charge in [0.05, 0.1) is 12.6 Å². The van der Waals surface area contributed by atoms with Crippen LogP contribution in [-0.4, -0.2) is 18.6 Å². The zero-order valence-corrected chi connectivity index (χ0v) is 11.3.